The maximum Gasteiger partial charge on any atom is 0.420 e. The smallest absolute Gasteiger partial charge is 0.420 e. The van der Waals surface area contributed by atoms with E-state index in [0.717, 1.165) is 12.1 Å². The molecule has 0 fully saturated rings. The molecular formula is C20H20F6O2. The molecule has 0 aromatic heterocycles. The molecular weight excluding hydrogens is 386 g/mol. The van der Waals surface area contributed by atoms with E-state index in [2.05, 4.69) is 23.7 Å². The van der Waals surface area contributed by atoms with Crippen LogP contribution in [-0.4, -0.2) is 13.2 Å². The Morgan fingerprint density at radius 3 is 1.36 bits per heavy atom. The minimum atomic E-state index is -5.27. The van der Waals surface area contributed by atoms with E-state index in [1.807, 2.05) is 0 Å². The summed E-state index contributed by atoms with van der Waals surface area (Å²) in [7, 11) is 0. The second kappa shape index (κ2) is 10.8. The molecule has 0 N–H and O–H groups in total. The Labute approximate surface area is 160 Å². The van der Waals surface area contributed by atoms with Crippen LogP contribution in [0.4, 0.5) is 26.3 Å². The number of rotatable bonds is 8. The minimum absolute atomic E-state index is 0.190. The summed E-state index contributed by atoms with van der Waals surface area (Å²) in [6, 6.07) is 1.70. The van der Waals surface area contributed by atoms with Crippen molar-refractivity contribution in [1.82, 2.24) is 0 Å². The van der Waals surface area contributed by atoms with Crippen LogP contribution in [0.2, 0.25) is 0 Å². The molecule has 0 aliphatic heterocycles. The summed E-state index contributed by atoms with van der Waals surface area (Å²) in [6.45, 7) is 2.83. The third-order valence-corrected chi connectivity index (χ3v) is 3.46. The zero-order valence-corrected chi connectivity index (χ0v) is 15.5. The second-order valence-corrected chi connectivity index (χ2v) is 5.56. The third kappa shape index (κ3) is 7.26. The lowest BCUT2D eigenvalue weighted by atomic mass is 10.0. The summed E-state index contributed by atoms with van der Waals surface area (Å²) in [5.41, 5.74) is -3.76. The van der Waals surface area contributed by atoms with Gasteiger partial charge >= 0.3 is 12.4 Å². The molecule has 0 amide bonds. The van der Waals surface area contributed by atoms with Crippen molar-refractivity contribution in [3.05, 3.63) is 23.3 Å². The Bertz CT molecular complexity index is 693. The Balaban J connectivity index is 3.20. The average Bonchev–Trinajstić information content (AvgIpc) is 2.59. The Morgan fingerprint density at radius 2 is 1.07 bits per heavy atom. The number of alkyl halides is 6. The molecule has 28 heavy (non-hydrogen) atoms. The van der Waals surface area contributed by atoms with Gasteiger partial charge in [-0.3, -0.25) is 0 Å². The molecule has 0 heterocycles. The van der Waals surface area contributed by atoms with E-state index >= 15 is 0 Å². The molecule has 0 saturated carbocycles. The maximum absolute atomic E-state index is 13.5. The Kier molecular flexibility index (Phi) is 9.05. The number of unbranched alkanes of at least 4 members (excludes halogenated alkanes) is 2. The first-order chi connectivity index (χ1) is 13.1. The van der Waals surface area contributed by atoms with Gasteiger partial charge in [0, 0.05) is 12.8 Å². The first kappa shape index (κ1) is 23.6. The van der Waals surface area contributed by atoms with Crippen molar-refractivity contribution < 1.29 is 35.8 Å². The normalized spacial score (nSPS) is 11.1. The highest BCUT2D eigenvalue weighted by atomic mass is 19.4. The largest absolute Gasteiger partial charge is 0.493 e. The van der Waals surface area contributed by atoms with Gasteiger partial charge in [-0.05, 0) is 38.8 Å². The number of benzene rings is 1. The van der Waals surface area contributed by atoms with Crippen molar-refractivity contribution in [1.29, 1.82) is 0 Å². The molecule has 2 nitrogen and oxygen atoms in total. The fourth-order valence-electron chi connectivity index (χ4n) is 2.30. The molecule has 1 rings (SSSR count). The molecule has 1 aromatic carbocycles. The van der Waals surface area contributed by atoms with Crippen LogP contribution in [0.1, 0.15) is 50.7 Å². The summed E-state index contributed by atoms with van der Waals surface area (Å²) in [6.07, 6.45) is -9.23. The van der Waals surface area contributed by atoms with Crippen LogP contribution in [-0.2, 0) is 12.4 Å². The van der Waals surface area contributed by atoms with Crippen LogP contribution in [0.25, 0.3) is 0 Å². The Morgan fingerprint density at radius 1 is 0.714 bits per heavy atom. The molecule has 0 unspecified atom stereocenters. The van der Waals surface area contributed by atoms with Gasteiger partial charge in [0.2, 0.25) is 0 Å². The molecule has 8 heteroatoms. The van der Waals surface area contributed by atoms with Crippen LogP contribution in [0, 0.1) is 23.7 Å². The topological polar surface area (TPSA) is 18.5 Å². The summed E-state index contributed by atoms with van der Waals surface area (Å²) < 4.78 is 90.8. The van der Waals surface area contributed by atoms with Crippen molar-refractivity contribution in [2.24, 2.45) is 0 Å². The predicted octanol–water partition coefficient (Wildman–Crippen LogP) is 6.09. The van der Waals surface area contributed by atoms with Crippen LogP contribution in [0.5, 0.6) is 11.5 Å². The van der Waals surface area contributed by atoms with Crippen LogP contribution in [0.3, 0.4) is 0 Å². The van der Waals surface area contributed by atoms with Crippen LogP contribution < -0.4 is 9.47 Å². The highest BCUT2D eigenvalue weighted by molar-refractivity contribution is 5.52. The molecule has 0 atom stereocenters. The summed E-state index contributed by atoms with van der Waals surface area (Å²) in [5, 5.41) is 0. The predicted molar refractivity (Wildman–Crippen MR) is 92.8 cm³/mol. The number of ether oxygens (including phenoxy) is 2. The first-order valence-corrected chi connectivity index (χ1v) is 8.49. The van der Waals surface area contributed by atoms with Crippen LogP contribution in [0.15, 0.2) is 12.1 Å². The van der Waals surface area contributed by atoms with Crippen molar-refractivity contribution in [3.63, 3.8) is 0 Å². The van der Waals surface area contributed by atoms with Gasteiger partial charge < -0.3 is 9.47 Å². The molecule has 0 saturated heterocycles. The quantitative estimate of drug-likeness (QED) is 0.296. The highest BCUT2D eigenvalue weighted by Gasteiger charge is 2.48. The van der Waals surface area contributed by atoms with Gasteiger partial charge in [-0.15, -0.1) is 23.7 Å². The van der Waals surface area contributed by atoms with Gasteiger partial charge in [-0.25, -0.2) is 0 Å². The molecule has 154 valence electrons. The number of hydrogen-bond acceptors (Lipinski definition) is 2. The molecule has 0 aliphatic rings. The maximum atomic E-state index is 13.5. The number of hydrogen-bond donors (Lipinski definition) is 0. The van der Waals surface area contributed by atoms with Gasteiger partial charge in [0.15, 0.2) is 0 Å². The van der Waals surface area contributed by atoms with E-state index < -0.39 is 35.0 Å². The summed E-state index contributed by atoms with van der Waals surface area (Å²) in [4.78, 5) is 0. The lowest BCUT2D eigenvalue weighted by molar-refractivity contribution is -0.164. The van der Waals surface area contributed by atoms with Gasteiger partial charge in [-0.2, -0.15) is 26.3 Å². The monoisotopic (exact) mass is 406 g/mol. The van der Waals surface area contributed by atoms with Gasteiger partial charge in [0.1, 0.15) is 22.6 Å². The van der Waals surface area contributed by atoms with Crippen molar-refractivity contribution in [3.8, 4) is 35.2 Å². The minimum Gasteiger partial charge on any atom is -0.493 e. The molecule has 1 aromatic rings. The SMILES string of the molecule is CC#CCCCOc1ccc(OCCCC#CC)c(C(F)(F)F)c1C(F)(F)F. The van der Waals surface area contributed by atoms with Crippen LogP contribution >= 0.6 is 0 Å². The van der Waals surface area contributed by atoms with E-state index in [4.69, 9.17) is 9.47 Å². The van der Waals surface area contributed by atoms with Crippen molar-refractivity contribution in [2.75, 3.05) is 13.2 Å². The molecule has 0 aliphatic carbocycles. The fourth-order valence-corrected chi connectivity index (χ4v) is 2.30. The van der Waals surface area contributed by atoms with E-state index in [9.17, 15) is 26.3 Å². The van der Waals surface area contributed by atoms with E-state index in [0.29, 0.717) is 12.8 Å². The summed E-state index contributed by atoms with van der Waals surface area (Å²) in [5.74, 6) is 8.86. The zero-order valence-electron chi connectivity index (χ0n) is 15.5. The second-order valence-electron chi connectivity index (χ2n) is 5.56. The number of halogens is 6. The fraction of sp³-hybridized carbons (Fsp3) is 0.500. The third-order valence-electron chi connectivity index (χ3n) is 3.46. The Hall–Kier alpha value is -2.48. The molecule has 0 bridgehead atoms. The average molecular weight is 406 g/mol. The lowest BCUT2D eigenvalue weighted by Gasteiger charge is -2.22. The highest BCUT2D eigenvalue weighted by Crippen LogP contribution is 2.49. The zero-order chi connectivity index (χ0) is 21.2. The van der Waals surface area contributed by atoms with Gasteiger partial charge in [-0.1, -0.05) is 0 Å². The van der Waals surface area contributed by atoms with Crippen molar-refractivity contribution >= 4 is 0 Å². The first-order valence-electron chi connectivity index (χ1n) is 8.49. The van der Waals surface area contributed by atoms with Gasteiger partial charge in [0.05, 0.1) is 13.2 Å². The van der Waals surface area contributed by atoms with E-state index in [-0.39, 0.29) is 26.1 Å². The van der Waals surface area contributed by atoms with Crippen molar-refractivity contribution in [2.45, 2.75) is 51.9 Å². The van der Waals surface area contributed by atoms with Gasteiger partial charge in [0.25, 0.3) is 0 Å². The molecule has 0 radical (unpaired) electrons. The lowest BCUT2D eigenvalue weighted by Crippen LogP contribution is -2.20. The van der Waals surface area contributed by atoms with E-state index in [1.54, 1.807) is 13.8 Å². The molecule has 0 spiro atoms. The standard InChI is InChI=1S/C20H20F6O2/c1-3-5-7-9-13-27-15-11-12-16(28-14-10-8-6-4-2)18(20(24,25)26)17(15)19(21,22)23/h11-12H,7-10,13-14H2,1-2H3. The van der Waals surface area contributed by atoms with E-state index in [1.165, 1.54) is 0 Å². The summed E-state index contributed by atoms with van der Waals surface area (Å²) >= 11 is 0.